The quantitative estimate of drug-likeness (QED) is 0.609. The number of hydrogen-bond donors (Lipinski definition) is 1. The summed E-state index contributed by atoms with van der Waals surface area (Å²) in [5.41, 5.74) is 1.68. The molecule has 2 aromatic heterocycles. The van der Waals surface area contributed by atoms with Crippen molar-refractivity contribution in [3.8, 4) is 0 Å². The fraction of sp³-hybridized carbons (Fsp3) is 0. The van der Waals surface area contributed by atoms with Gasteiger partial charge in [-0.2, -0.15) is 0 Å². The molecule has 0 unspecified atom stereocenters. The van der Waals surface area contributed by atoms with Gasteiger partial charge < -0.3 is 4.98 Å². The Hall–Kier alpha value is -1.32. The Morgan fingerprint density at radius 3 is 2.87 bits per heavy atom. The van der Waals surface area contributed by atoms with Gasteiger partial charge in [0, 0.05) is 15.9 Å². The van der Waals surface area contributed by atoms with Crippen LogP contribution in [0.4, 0.5) is 0 Å². The molecule has 3 rings (SSSR count). The summed E-state index contributed by atoms with van der Waals surface area (Å²) in [5, 5.41) is 2.87. The van der Waals surface area contributed by atoms with Crippen LogP contribution in [0.1, 0.15) is 0 Å². The lowest BCUT2D eigenvalue weighted by Gasteiger charge is -1.93. The van der Waals surface area contributed by atoms with Crippen molar-refractivity contribution >= 4 is 45.1 Å². The summed E-state index contributed by atoms with van der Waals surface area (Å²) in [5.74, 6) is 0. The molecule has 0 aliphatic rings. The molecule has 1 N–H and O–H groups in total. The van der Waals surface area contributed by atoms with Gasteiger partial charge in [-0.15, -0.1) is 0 Å². The van der Waals surface area contributed by atoms with Crippen LogP contribution in [0.2, 0.25) is 10.2 Å². The topological polar surface area (TPSA) is 41.6 Å². The van der Waals surface area contributed by atoms with Crippen LogP contribution in [-0.4, -0.2) is 15.0 Å². The lowest BCUT2D eigenvalue weighted by atomic mass is 10.2. The van der Waals surface area contributed by atoms with Gasteiger partial charge in [0.1, 0.15) is 17.1 Å². The summed E-state index contributed by atoms with van der Waals surface area (Å²) < 4.78 is 0. The number of benzene rings is 1. The number of halogens is 2. The summed E-state index contributed by atoms with van der Waals surface area (Å²) in [4.78, 5) is 11.2. The van der Waals surface area contributed by atoms with E-state index in [1.807, 2.05) is 18.2 Å². The Kier molecular flexibility index (Phi) is 1.84. The van der Waals surface area contributed by atoms with Crippen LogP contribution >= 0.6 is 23.2 Å². The number of rotatable bonds is 0. The lowest BCUT2D eigenvalue weighted by Crippen LogP contribution is -1.79. The first-order valence-electron chi connectivity index (χ1n) is 4.33. The van der Waals surface area contributed by atoms with E-state index < -0.39 is 0 Å². The molecule has 0 saturated heterocycles. The van der Waals surface area contributed by atoms with E-state index in [1.165, 1.54) is 6.33 Å². The van der Waals surface area contributed by atoms with Crippen molar-refractivity contribution in [2.24, 2.45) is 0 Å². The Balaban J connectivity index is 2.61. The molecule has 3 nitrogen and oxygen atoms in total. The molecule has 0 saturated carbocycles. The molecule has 3 aromatic rings. The highest BCUT2D eigenvalue weighted by molar-refractivity contribution is 6.37. The first-order chi connectivity index (χ1) is 7.25. The number of nitrogens with zero attached hydrogens (tertiary/aromatic N) is 2. The molecule has 15 heavy (non-hydrogen) atoms. The Labute approximate surface area is 95.0 Å². The highest BCUT2D eigenvalue weighted by Gasteiger charge is 2.09. The summed E-state index contributed by atoms with van der Waals surface area (Å²) in [6, 6.07) is 5.57. The lowest BCUT2D eigenvalue weighted by molar-refractivity contribution is 1.21. The first-order valence-corrected chi connectivity index (χ1v) is 5.09. The molecule has 0 fully saturated rings. The maximum Gasteiger partial charge on any atom is 0.143 e. The number of hydrogen-bond acceptors (Lipinski definition) is 2. The number of nitrogens with one attached hydrogen (secondary N) is 1. The highest BCUT2D eigenvalue weighted by atomic mass is 35.5. The molecule has 0 amide bonds. The molecule has 0 aliphatic carbocycles. The van der Waals surface area contributed by atoms with E-state index in [1.54, 1.807) is 0 Å². The van der Waals surface area contributed by atoms with Crippen molar-refractivity contribution in [3.63, 3.8) is 0 Å². The van der Waals surface area contributed by atoms with Crippen LogP contribution in [-0.2, 0) is 0 Å². The van der Waals surface area contributed by atoms with Gasteiger partial charge in [-0.3, -0.25) is 0 Å². The molecule has 74 valence electrons. The summed E-state index contributed by atoms with van der Waals surface area (Å²) in [6.45, 7) is 0. The largest absolute Gasteiger partial charge is 0.339 e. The number of aromatic nitrogens is 3. The van der Waals surface area contributed by atoms with Crippen molar-refractivity contribution in [2.45, 2.75) is 0 Å². The third-order valence-electron chi connectivity index (χ3n) is 2.31. The van der Waals surface area contributed by atoms with Crippen molar-refractivity contribution in [3.05, 3.63) is 34.7 Å². The molecule has 0 spiro atoms. The third-order valence-corrected chi connectivity index (χ3v) is 2.83. The van der Waals surface area contributed by atoms with E-state index in [-0.39, 0.29) is 0 Å². The molecule has 0 atom stereocenters. The zero-order chi connectivity index (χ0) is 10.4. The minimum Gasteiger partial charge on any atom is -0.339 e. The molecular formula is C10H5Cl2N3. The summed E-state index contributed by atoms with van der Waals surface area (Å²) in [6.07, 6.45) is 1.43. The summed E-state index contributed by atoms with van der Waals surface area (Å²) in [7, 11) is 0. The van der Waals surface area contributed by atoms with E-state index in [0.29, 0.717) is 10.2 Å². The average Bonchev–Trinajstić information content (AvgIpc) is 2.57. The monoisotopic (exact) mass is 237 g/mol. The second kappa shape index (κ2) is 3.08. The van der Waals surface area contributed by atoms with Gasteiger partial charge in [-0.05, 0) is 18.2 Å². The molecule has 0 radical (unpaired) electrons. The molecule has 5 heteroatoms. The fourth-order valence-electron chi connectivity index (χ4n) is 1.66. The SMILES string of the molecule is Clc1ccc2[nH]c3ncnc(Cl)c3c2c1. The molecule has 0 bridgehead atoms. The summed E-state index contributed by atoms with van der Waals surface area (Å²) >= 11 is 11.9. The fourth-order valence-corrected chi connectivity index (χ4v) is 2.06. The van der Waals surface area contributed by atoms with Gasteiger partial charge in [0.25, 0.3) is 0 Å². The third kappa shape index (κ3) is 1.28. The van der Waals surface area contributed by atoms with E-state index in [9.17, 15) is 0 Å². The average molecular weight is 238 g/mol. The van der Waals surface area contributed by atoms with E-state index in [0.717, 1.165) is 21.9 Å². The smallest absolute Gasteiger partial charge is 0.143 e. The Morgan fingerprint density at radius 2 is 2.00 bits per heavy atom. The number of aromatic amines is 1. The van der Waals surface area contributed by atoms with Gasteiger partial charge in [0.05, 0.1) is 5.39 Å². The Morgan fingerprint density at radius 1 is 1.13 bits per heavy atom. The predicted octanol–water partition coefficient (Wildman–Crippen LogP) is 3.42. The van der Waals surface area contributed by atoms with Gasteiger partial charge in [-0.1, -0.05) is 23.2 Å². The maximum atomic E-state index is 6.02. The number of fused-ring (bicyclic) bond motifs is 3. The van der Waals surface area contributed by atoms with E-state index in [4.69, 9.17) is 23.2 Å². The molecule has 2 heterocycles. The first kappa shape index (κ1) is 8.95. The van der Waals surface area contributed by atoms with Crippen LogP contribution < -0.4 is 0 Å². The van der Waals surface area contributed by atoms with Crippen LogP contribution in [0.15, 0.2) is 24.5 Å². The second-order valence-electron chi connectivity index (χ2n) is 3.20. The number of H-pyrrole nitrogens is 1. The molecule has 1 aromatic carbocycles. The zero-order valence-electron chi connectivity index (χ0n) is 7.46. The minimum absolute atomic E-state index is 0.438. The normalized spacial score (nSPS) is 11.3. The van der Waals surface area contributed by atoms with Crippen molar-refractivity contribution in [1.29, 1.82) is 0 Å². The van der Waals surface area contributed by atoms with Gasteiger partial charge in [-0.25, -0.2) is 9.97 Å². The maximum absolute atomic E-state index is 6.02. The van der Waals surface area contributed by atoms with E-state index in [2.05, 4.69) is 15.0 Å². The van der Waals surface area contributed by atoms with Gasteiger partial charge >= 0.3 is 0 Å². The Bertz CT molecular complexity index is 660. The molecule has 0 aliphatic heterocycles. The highest BCUT2D eigenvalue weighted by Crippen LogP contribution is 2.30. The zero-order valence-corrected chi connectivity index (χ0v) is 8.97. The van der Waals surface area contributed by atoms with Gasteiger partial charge in [0.2, 0.25) is 0 Å². The predicted molar refractivity (Wildman–Crippen MR) is 61.4 cm³/mol. The molecular weight excluding hydrogens is 233 g/mol. The van der Waals surface area contributed by atoms with Crippen molar-refractivity contribution in [2.75, 3.05) is 0 Å². The van der Waals surface area contributed by atoms with Gasteiger partial charge in [0.15, 0.2) is 0 Å². The standard InChI is InChI=1S/C10H5Cl2N3/c11-5-1-2-7-6(3-5)8-9(12)13-4-14-10(8)15-7/h1-4H,(H,13,14,15). The van der Waals surface area contributed by atoms with Crippen molar-refractivity contribution < 1.29 is 0 Å². The van der Waals surface area contributed by atoms with E-state index >= 15 is 0 Å². The van der Waals surface area contributed by atoms with Crippen LogP contribution in [0, 0.1) is 0 Å². The van der Waals surface area contributed by atoms with Crippen molar-refractivity contribution in [1.82, 2.24) is 15.0 Å². The van der Waals surface area contributed by atoms with Crippen LogP contribution in [0.3, 0.4) is 0 Å². The van der Waals surface area contributed by atoms with Crippen LogP contribution in [0.25, 0.3) is 21.9 Å². The van der Waals surface area contributed by atoms with Crippen LogP contribution in [0.5, 0.6) is 0 Å². The minimum atomic E-state index is 0.438. The second-order valence-corrected chi connectivity index (χ2v) is 4.00.